The summed E-state index contributed by atoms with van der Waals surface area (Å²) >= 11 is 1.44. The third kappa shape index (κ3) is 2.38. The van der Waals surface area contributed by atoms with Gasteiger partial charge in [0.1, 0.15) is 5.69 Å². The molecule has 1 amide bonds. The van der Waals surface area contributed by atoms with E-state index < -0.39 is 0 Å². The topological polar surface area (TPSA) is 72.1 Å². The molecule has 1 aromatic carbocycles. The SMILES string of the molecule is O=C(c1cscn1)N1C[C@H]2CCC[C@@]2(c2nc(-c3ccccc3)no2)C1. The Labute approximate surface area is 154 Å². The Morgan fingerprint density at radius 2 is 2.19 bits per heavy atom. The molecule has 6 nitrogen and oxygen atoms in total. The molecule has 2 atom stereocenters. The van der Waals surface area contributed by atoms with Crippen LogP contribution in [0.15, 0.2) is 45.7 Å². The van der Waals surface area contributed by atoms with Gasteiger partial charge in [-0.2, -0.15) is 4.98 Å². The number of amides is 1. The summed E-state index contributed by atoms with van der Waals surface area (Å²) in [5.41, 5.74) is 2.96. The average Bonchev–Trinajstić information content (AvgIpc) is 3.44. The number of aromatic nitrogens is 3. The molecule has 0 radical (unpaired) electrons. The molecule has 5 rings (SSSR count). The number of hydrogen-bond acceptors (Lipinski definition) is 6. The molecule has 1 saturated heterocycles. The van der Waals surface area contributed by atoms with Gasteiger partial charge in [0.15, 0.2) is 0 Å². The highest BCUT2D eigenvalue weighted by atomic mass is 32.1. The standard InChI is InChI=1S/C19H18N4O2S/c24-17(15-10-26-12-20-15)23-9-14-7-4-8-19(14,11-23)18-21-16(22-25-18)13-5-2-1-3-6-13/h1-3,5-6,10,12,14H,4,7-9,11H2/t14-,19-/m1/s1. The van der Waals surface area contributed by atoms with Gasteiger partial charge in [0.25, 0.3) is 5.91 Å². The van der Waals surface area contributed by atoms with Crippen molar-refractivity contribution in [2.75, 3.05) is 13.1 Å². The Morgan fingerprint density at radius 3 is 3.00 bits per heavy atom. The quantitative estimate of drug-likeness (QED) is 0.710. The van der Waals surface area contributed by atoms with Crippen LogP contribution in [0.1, 0.15) is 35.6 Å². The van der Waals surface area contributed by atoms with Crippen LogP contribution >= 0.6 is 11.3 Å². The minimum atomic E-state index is -0.217. The van der Waals surface area contributed by atoms with Gasteiger partial charge < -0.3 is 9.42 Å². The van der Waals surface area contributed by atoms with E-state index in [1.54, 1.807) is 5.51 Å². The van der Waals surface area contributed by atoms with Crippen molar-refractivity contribution >= 4 is 17.2 Å². The summed E-state index contributed by atoms with van der Waals surface area (Å²) in [5, 5.41) is 6.01. The maximum atomic E-state index is 12.7. The lowest BCUT2D eigenvalue weighted by molar-refractivity contribution is 0.0770. The van der Waals surface area contributed by atoms with Crippen LogP contribution in [0.4, 0.5) is 0 Å². The summed E-state index contributed by atoms with van der Waals surface area (Å²) in [5.74, 6) is 1.66. The summed E-state index contributed by atoms with van der Waals surface area (Å²) in [4.78, 5) is 23.5. The smallest absolute Gasteiger partial charge is 0.273 e. The summed E-state index contributed by atoms with van der Waals surface area (Å²) in [6.07, 6.45) is 3.20. The lowest BCUT2D eigenvalue weighted by Gasteiger charge is -2.23. The van der Waals surface area contributed by atoms with Gasteiger partial charge in [-0.1, -0.05) is 41.9 Å². The van der Waals surface area contributed by atoms with Crippen LogP contribution in [0.5, 0.6) is 0 Å². The second kappa shape index (κ2) is 6.02. The summed E-state index contributed by atoms with van der Waals surface area (Å²) in [7, 11) is 0. The third-order valence-corrected chi connectivity index (χ3v) is 6.28. The van der Waals surface area contributed by atoms with Crippen LogP contribution < -0.4 is 0 Å². The number of hydrogen-bond donors (Lipinski definition) is 0. The van der Waals surface area contributed by atoms with Gasteiger partial charge in [-0.05, 0) is 18.8 Å². The Bertz CT molecular complexity index is 924. The highest BCUT2D eigenvalue weighted by molar-refractivity contribution is 7.07. The zero-order valence-electron chi connectivity index (χ0n) is 14.2. The van der Waals surface area contributed by atoms with Gasteiger partial charge in [-0.25, -0.2) is 4.98 Å². The maximum absolute atomic E-state index is 12.7. The van der Waals surface area contributed by atoms with E-state index in [0.29, 0.717) is 29.9 Å². The maximum Gasteiger partial charge on any atom is 0.273 e. The monoisotopic (exact) mass is 366 g/mol. The summed E-state index contributed by atoms with van der Waals surface area (Å²) in [6, 6.07) is 9.85. The van der Waals surface area contributed by atoms with Crippen LogP contribution in [-0.2, 0) is 5.41 Å². The van der Waals surface area contributed by atoms with E-state index in [1.165, 1.54) is 11.3 Å². The first kappa shape index (κ1) is 15.7. The molecule has 0 spiro atoms. The van der Waals surface area contributed by atoms with Crippen molar-refractivity contribution in [3.8, 4) is 11.4 Å². The number of carbonyl (C=O) groups is 1. The van der Waals surface area contributed by atoms with Crippen molar-refractivity contribution in [3.63, 3.8) is 0 Å². The molecule has 2 aromatic heterocycles. The van der Waals surface area contributed by atoms with Crippen molar-refractivity contribution in [2.24, 2.45) is 5.92 Å². The van der Waals surface area contributed by atoms with E-state index in [0.717, 1.165) is 31.4 Å². The Hall–Kier alpha value is -2.54. The molecule has 2 fully saturated rings. The van der Waals surface area contributed by atoms with Crippen molar-refractivity contribution < 1.29 is 9.32 Å². The Balaban J connectivity index is 1.46. The molecule has 1 aliphatic heterocycles. The molecule has 26 heavy (non-hydrogen) atoms. The highest BCUT2D eigenvalue weighted by Crippen LogP contribution is 2.50. The van der Waals surface area contributed by atoms with Gasteiger partial charge >= 0.3 is 0 Å². The lowest BCUT2D eigenvalue weighted by Crippen LogP contribution is -2.35. The van der Waals surface area contributed by atoms with Crippen LogP contribution in [0.2, 0.25) is 0 Å². The molecular weight excluding hydrogens is 348 g/mol. The molecule has 3 heterocycles. The van der Waals surface area contributed by atoms with Crippen LogP contribution in [-0.4, -0.2) is 39.0 Å². The van der Waals surface area contributed by atoms with Crippen molar-refractivity contribution in [3.05, 3.63) is 52.8 Å². The molecule has 7 heteroatoms. The van der Waals surface area contributed by atoms with E-state index in [-0.39, 0.29) is 11.3 Å². The average molecular weight is 366 g/mol. The number of fused-ring (bicyclic) bond motifs is 1. The molecule has 132 valence electrons. The molecule has 1 saturated carbocycles. The summed E-state index contributed by atoms with van der Waals surface area (Å²) in [6.45, 7) is 1.36. The number of carbonyl (C=O) groups excluding carboxylic acids is 1. The zero-order chi connectivity index (χ0) is 17.6. The first-order chi connectivity index (χ1) is 12.8. The molecule has 3 aromatic rings. The lowest BCUT2D eigenvalue weighted by atomic mass is 9.80. The molecular formula is C19H18N4O2S. The van der Waals surface area contributed by atoms with E-state index in [2.05, 4.69) is 10.1 Å². The molecule has 2 aliphatic rings. The van der Waals surface area contributed by atoms with E-state index in [1.807, 2.05) is 40.6 Å². The first-order valence-electron chi connectivity index (χ1n) is 8.83. The number of benzene rings is 1. The fourth-order valence-electron chi connectivity index (χ4n) is 4.40. The van der Waals surface area contributed by atoms with Crippen LogP contribution in [0, 0.1) is 5.92 Å². The van der Waals surface area contributed by atoms with Gasteiger partial charge in [-0.3, -0.25) is 4.79 Å². The summed E-state index contributed by atoms with van der Waals surface area (Å²) < 4.78 is 5.71. The van der Waals surface area contributed by atoms with Crippen LogP contribution in [0.25, 0.3) is 11.4 Å². The van der Waals surface area contributed by atoms with Gasteiger partial charge in [0.05, 0.1) is 10.9 Å². The fourth-order valence-corrected chi connectivity index (χ4v) is 4.93. The van der Waals surface area contributed by atoms with E-state index in [9.17, 15) is 4.79 Å². The molecule has 0 bridgehead atoms. The van der Waals surface area contributed by atoms with Gasteiger partial charge in [0.2, 0.25) is 11.7 Å². The van der Waals surface area contributed by atoms with E-state index in [4.69, 9.17) is 9.51 Å². The molecule has 1 aliphatic carbocycles. The minimum absolute atomic E-state index is 0.00261. The van der Waals surface area contributed by atoms with Gasteiger partial charge in [0, 0.05) is 24.0 Å². The zero-order valence-corrected chi connectivity index (χ0v) is 15.0. The van der Waals surface area contributed by atoms with Crippen molar-refractivity contribution in [2.45, 2.75) is 24.7 Å². The van der Waals surface area contributed by atoms with Crippen LogP contribution in [0.3, 0.4) is 0 Å². The largest absolute Gasteiger partial charge is 0.338 e. The Morgan fingerprint density at radius 1 is 1.31 bits per heavy atom. The first-order valence-corrected chi connectivity index (χ1v) is 9.78. The highest BCUT2D eigenvalue weighted by Gasteiger charge is 2.55. The number of likely N-dealkylation sites (tertiary alicyclic amines) is 1. The van der Waals surface area contributed by atoms with Crippen molar-refractivity contribution in [1.82, 2.24) is 20.0 Å². The number of rotatable bonds is 3. The molecule has 0 unspecified atom stereocenters. The number of nitrogens with zero attached hydrogens (tertiary/aromatic N) is 4. The molecule has 0 N–H and O–H groups in total. The Kier molecular flexibility index (Phi) is 3.63. The van der Waals surface area contributed by atoms with Crippen molar-refractivity contribution in [1.29, 1.82) is 0 Å². The second-order valence-corrected chi connectivity index (χ2v) is 7.81. The number of thiazole rings is 1. The third-order valence-electron chi connectivity index (χ3n) is 5.69. The second-order valence-electron chi connectivity index (χ2n) is 7.09. The predicted octanol–water partition coefficient (Wildman–Crippen LogP) is 3.39. The van der Waals surface area contributed by atoms with Gasteiger partial charge in [-0.15, -0.1) is 11.3 Å². The minimum Gasteiger partial charge on any atom is -0.338 e. The fraction of sp³-hybridized carbons (Fsp3) is 0.368. The van der Waals surface area contributed by atoms with E-state index >= 15 is 0 Å². The normalized spacial score (nSPS) is 24.8. The predicted molar refractivity (Wildman–Crippen MR) is 96.8 cm³/mol.